The van der Waals surface area contributed by atoms with Crippen LogP contribution in [0.3, 0.4) is 0 Å². The Morgan fingerprint density at radius 1 is 1.35 bits per heavy atom. The van der Waals surface area contributed by atoms with Crippen molar-refractivity contribution in [1.29, 1.82) is 0 Å². The van der Waals surface area contributed by atoms with Crippen molar-refractivity contribution in [2.75, 3.05) is 13.6 Å². The molecule has 0 bridgehead atoms. The third-order valence-electron chi connectivity index (χ3n) is 4.21. The zero-order valence-corrected chi connectivity index (χ0v) is 12.7. The van der Waals surface area contributed by atoms with E-state index in [1.54, 1.807) is 0 Å². The molecule has 0 radical (unpaired) electrons. The van der Waals surface area contributed by atoms with Crippen LogP contribution in [0.1, 0.15) is 43.2 Å². The Balaban J connectivity index is 1.78. The highest BCUT2D eigenvalue weighted by molar-refractivity contribution is 5.75. The van der Waals surface area contributed by atoms with Crippen LogP contribution in [0.15, 0.2) is 24.3 Å². The van der Waals surface area contributed by atoms with Crippen molar-refractivity contribution >= 4 is 5.91 Å². The van der Waals surface area contributed by atoms with E-state index in [2.05, 4.69) is 24.4 Å². The largest absolute Gasteiger partial charge is 0.341 e. The van der Waals surface area contributed by atoms with Crippen LogP contribution in [0, 0.1) is 6.92 Å². The summed E-state index contributed by atoms with van der Waals surface area (Å²) in [6.07, 6.45) is 5.41. The van der Waals surface area contributed by atoms with Crippen molar-refractivity contribution in [2.24, 2.45) is 0 Å². The van der Waals surface area contributed by atoms with E-state index in [0.717, 1.165) is 13.0 Å². The van der Waals surface area contributed by atoms with Gasteiger partial charge >= 0.3 is 0 Å². The predicted molar refractivity (Wildman–Crippen MR) is 82.5 cm³/mol. The zero-order chi connectivity index (χ0) is 14.4. The molecule has 0 aliphatic carbocycles. The minimum absolute atomic E-state index is 0.251. The highest BCUT2D eigenvalue weighted by atomic mass is 16.2. The van der Waals surface area contributed by atoms with Gasteiger partial charge in [-0.15, -0.1) is 0 Å². The number of piperidine rings is 1. The molecule has 1 fully saturated rings. The summed E-state index contributed by atoms with van der Waals surface area (Å²) in [5, 5.41) is 3.50. The topological polar surface area (TPSA) is 32.3 Å². The van der Waals surface area contributed by atoms with Gasteiger partial charge in [-0.1, -0.05) is 30.7 Å². The Kier molecular flexibility index (Phi) is 5.60. The van der Waals surface area contributed by atoms with Crippen molar-refractivity contribution in [2.45, 2.75) is 51.6 Å². The van der Waals surface area contributed by atoms with Crippen LogP contribution >= 0.6 is 0 Å². The van der Waals surface area contributed by atoms with E-state index in [1.165, 1.54) is 30.4 Å². The lowest BCUT2D eigenvalue weighted by Crippen LogP contribution is -2.35. The number of benzene rings is 1. The van der Waals surface area contributed by atoms with Gasteiger partial charge in [-0.3, -0.25) is 4.79 Å². The van der Waals surface area contributed by atoms with Crippen LogP contribution in [0.2, 0.25) is 0 Å². The normalized spacial score (nSPS) is 18.8. The number of carbonyl (C=O) groups excluding carboxylic acids is 1. The van der Waals surface area contributed by atoms with Gasteiger partial charge in [-0.25, -0.2) is 0 Å². The highest BCUT2D eigenvalue weighted by Gasteiger charge is 2.16. The molecule has 1 atom stereocenters. The summed E-state index contributed by atoms with van der Waals surface area (Å²) < 4.78 is 0. The fourth-order valence-electron chi connectivity index (χ4n) is 2.79. The average molecular weight is 274 g/mol. The van der Waals surface area contributed by atoms with Crippen LogP contribution in [-0.4, -0.2) is 30.4 Å². The molecule has 0 spiro atoms. The molecular weight excluding hydrogens is 248 g/mol. The van der Waals surface area contributed by atoms with Gasteiger partial charge in [-0.05, 0) is 43.9 Å². The standard InChI is InChI=1S/C17H26N2O/c1-14-7-3-4-8-15(14)13-19(2)17(20)11-10-16-9-5-6-12-18-16/h3-4,7-8,16,18H,5-6,9-13H2,1-2H3. The molecule has 1 unspecified atom stereocenters. The second-order valence-electron chi connectivity index (χ2n) is 5.86. The number of hydrogen-bond donors (Lipinski definition) is 1. The fraction of sp³-hybridized carbons (Fsp3) is 0.588. The van der Waals surface area contributed by atoms with Gasteiger partial charge in [0.05, 0.1) is 0 Å². The van der Waals surface area contributed by atoms with E-state index in [0.29, 0.717) is 19.0 Å². The van der Waals surface area contributed by atoms with Crippen molar-refractivity contribution in [3.8, 4) is 0 Å². The molecule has 20 heavy (non-hydrogen) atoms. The smallest absolute Gasteiger partial charge is 0.222 e. The van der Waals surface area contributed by atoms with Gasteiger partial charge in [0, 0.05) is 26.1 Å². The Morgan fingerprint density at radius 3 is 2.85 bits per heavy atom. The minimum atomic E-state index is 0.251. The summed E-state index contributed by atoms with van der Waals surface area (Å²) in [5.41, 5.74) is 2.49. The first-order chi connectivity index (χ1) is 9.66. The number of carbonyl (C=O) groups is 1. The van der Waals surface area contributed by atoms with Gasteiger partial charge in [-0.2, -0.15) is 0 Å². The Bertz CT molecular complexity index is 438. The number of rotatable bonds is 5. The maximum absolute atomic E-state index is 12.2. The number of nitrogens with one attached hydrogen (secondary N) is 1. The van der Waals surface area contributed by atoms with Crippen molar-refractivity contribution in [3.63, 3.8) is 0 Å². The van der Waals surface area contributed by atoms with Crippen LogP contribution in [0.5, 0.6) is 0 Å². The molecule has 2 rings (SSSR count). The molecule has 1 N–H and O–H groups in total. The van der Waals surface area contributed by atoms with E-state index < -0.39 is 0 Å². The molecule has 110 valence electrons. The lowest BCUT2D eigenvalue weighted by molar-refractivity contribution is -0.130. The lowest BCUT2D eigenvalue weighted by atomic mass is 10.0. The predicted octanol–water partition coefficient (Wildman–Crippen LogP) is 2.88. The summed E-state index contributed by atoms with van der Waals surface area (Å²) in [5.74, 6) is 0.251. The van der Waals surface area contributed by atoms with E-state index in [4.69, 9.17) is 0 Å². The van der Waals surface area contributed by atoms with Crippen molar-refractivity contribution < 1.29 is 4.79 Å². The maximum Gasteiger partial charge on any atom is 0.222 e. The number of nitrogens with zero attached hydrogens (tertiary/aromatic N) is 1. The lowest BCUT2D eigenvalue weighted by Gasteiger charge is -2.24. The maximum atomic E-state index is 12.2. The van der Waals surface area contributed by atoms with Crippen molar-refractivity contribution in [1.82, 2.24) is 10.2 Å². The van der Waals surface area contributed by atoms with Gasteiger partial charge in [0.15, 0.2) is 0 Å². The molecule has 3 heteroatoms. The summed E-state index contributed by atoms with van der Waals surface area (Å²) >= 11 is 0. The van der Waals surface area contributed by atoms with Crippen LogP contribution in [0.4, 0.5) is 0 Å². The third-order valence-corrected chi connectivity index (χ3v) is 4.21. The SMILES string of the molecule is Cc1ccccc1CN(C)C(=O)CCC1CCCCN1. The fourth-order valence-corrected chi connectivity index (χ4v) is 2.79. The number of amides is 1. The van der Waals surface area contributed by atoms with E-state index in [1.807, 2.05) is 24.1 Å². The molecule has 3 nitrogen and oxygen atoms in total. The summed E-state index contributed by atoms with van der Waals surface area (Å²) in [7, 11) is 1.91. The first-order valence-corrected chi connectivity index (χ1v) is 7.68. The number of hydrogen-bond acceptors (Lipinski definition) is 2. The Morgan fingerprint density at radius 2 is 2.15 bits per heavy atom. The van der Waals surface area contributed by atoms with Crippen LogP contribution < -0.4 is 5.32 Å². The molecule has 0 saturated carbocycles. The summed E-state index contributed by atoms with van der Waals surface area (Å²) in [6.45, 7) is 3.92. The zero-order valence-electron chi connectivity index (χ0n) is 12.7. The third kappa shape index (κ3) is 4.34. The molecule has 1 aliphatic heterocycles. The van der Waals surface area contributed by atoms with E-state index in [-0.39, 0.29) is 5.91 Å². The Labute approximate surface area is 122 Å². The van der Waals surface area contributed by atoms with Gasteiger partial charge in [0.1, 0.15) is 0 Å². The van der Waals surface area contributed by atoms with E-state index in [9.17, 15) is 4.79 Å². The molecule has 1 aliphatic rings. The Hall–Kier alpha value is -1.35. The minimum Gasteiger partial charge on any atom is -0.341 e. The molecule has 0 aromatic heterocycles. The first kappa shape index (κ1) is 15.0. The second kappa shape index (κ2) is 7.44. The van der Waals surface area contributed by atoms with Gasteiger partial charge in [0.25, 0.3) is 0 Å². The van der Waals surface area contributed by atoms with Gasteiger partial charge in [0.2, 0.25) is 5.91 Å². The van der Waals surface area contributed by atoms with Crippen LogP contribution in [-0.2, 0) is 11.3 Å². The molecule has 1 heterocycles. The second-order valence-corrected chi connectivity index (χ2v) is 5.86. The molecule has 1 aromatic rings. The molecule has 1 aromatic carbocycles. The molecular formula is C17H26N2O. The molecule has 1 amide bonds. The van der Waals surface area contributed by atoms with Crippen LogP contribution in [0.25, 0.3) is 0 Å². The molecule has 1 saturated heterocycles. The summed E-state index contributed by atoms with van der Waals surface area (Å²) in [4.78, 5) is 14.1. The van der Waals surface area contributed by atoms with Gasteiger partial charge < -0.3 is 10.2 Å². The van der Waals surface area contributed by atoms with E-state index >= 15 is 0 Å². The average Bonchev–Trinajstić information content (AvgIpc) is 2.48. The summed E-state index contributed by atoms with van der Waals surface area (Å²) in [6, 6.07) is 8.81. The highest BCUT2D eigenvalue weighted by Crippen LogP contribution is 2.14. The monoisotopic (exact) mass is 274 g/mol. The van der Waals surface area contributed by atoms with Crippen molar-refractivity contribution in [3.05, 3.63) is 35.4 Å². The number of aryl methyl sites for hydroxylation is 1. The quantitative estimate of drug-likeness (QED) is 0.895. The first-order valence-electron chi connectivity index (χ1n) is 7.68.